The van der Waals surface area contributed by atoms with E-state index in [9.17, 15) is 9.90 Å². The van der Waals surface area contributed by atoms with Gasteiger partial charge in [-0.05, 0) is 38.3 Å². The van der Waals surface area contributed by atoms with Crippen LogP contribution in [-0.4, -0.2) is 17.2 Å². The summed E-state index contributed by atoms with van der Waals surface area (Å²) in [5, 5.41) is 10.0. The van der Waals surface area contributed by atoms with Crippen LogP contribution >= 0.6 is 0 Å². The van der Waals surface area contributed by atoms with Crippen LogP contribution in [0, 0.1) is 19.8 Å². The van der Waals surface area contributed by atoms with Crippen LogP contribution in [0.5, 0.6) is 5.75 Å². The molecule has 20 heavy (non-hydrogen) atoms. The molecule has 3 heteroatoms. The monoisotopic (exact) mass is 278 g/mol. The summed E-state index contributed by atoms with van der Waals surface area (Å²) >= 11 is 0. The highest BCUT2D eigenvalue weighted by Crippen LogP contribution is 2.24. The maximum Gasteiger partial charge on any atom is 0.316 e. The lowest BCUT2D eigenvalue weighted by atomic mass is 9.99. The summed E-state index contributed by atoms with van der Waals surface area (Å²) in [7, 11) is 0. The Bertz CT molecular complexity index is 420. The molecule has 0 spiro atoms. The number of carbonyl (C=O) groups excluding carboxylic acids is 1. The average molecular weight is 278 g/mol. The molecule has 0 fully saturated rings. The van der Waals surface area contributed by atoms with E-state index in [1.807, 2.05) is 32.0 Å². The van der Waals surface area contributed by atoms with Gasteiger partial charge in [0.2, 0.25) is 0 Å². The van der Waals surface area contributed by atoms with E-state index in [2.05, 4.69) is 6.92 Å². The van der Waals surface area contributed by atoms with Gasteiger partial charge in [0.25, 0.3) is 0 Å². The van der Waals surface area contributed by atoms with Crippen molar-refractivity contribution >= 4 is 5.97 Å². The lowest BCUT2D eigenvalue weighted by Gasteiger charge is -2.19. The first-order chi connectivity index (χ1) is 9.47. The largest absolute Gasteiger partial charge is 0.426 e. The number of para-hydroxylation sites is 1. The topological polar surface area (TPSA) is 46.5 Å². The summed E-state index contributed by atoms with van der Waals surface area (Å²) in [6.07, 6.45) is 3.15. The molecule has 0 aliphatic heterocycles. The Morgan fingerprint density at radius 2 is 1.85 bits per heavy atom. The van der Waals surface area contributed by atoms with Crippen LogP contribution in [0.15, 0.2) is 18.2 Å². The van der Waals surface area contributed by atoms with Gasteiger partial charge in [0.15, 0.2) is 0 Å². The predicted octanol–water partition coefficient (Wildman–Crippen LogP) is 3.79. The van der Waals surface area contributed by atoms with Crippen LogP contribution in [0.1, 0.15) is 50.7 Å². The molecular weight excluding hydrogens is 252 g/mol. The molecule has 1 aromatic carbocycles. The molecule has 0 amide bonds. The maximum absolute atomic E-state index is 12.1. The van der Waals surface area contributed by atoms with Crippen LogP contribution in [0.4, 0.5) is 0 Å². The maximum atomic E-state index is 12.1. The van der Waals surface area contributed by atoms with Gasteiger partial charge in [-0.2, -0.15) is 0 Å². The molecule has 0 unspecified atom stereocenters. The number of ether oxygens (including phenoxy) is 1. The van der Waals surface area contributed by atoms with E-state index < -0.39 is 12.0 Å². The molecule has 1 N–H and O–H groups in total. The van der Waals surface area contributed by atoms with Crippen LogP contribution in [0.3, 0.4) is 0 Å². The highest BCUT2D eigenvalue weighted by molar-refractivity contribution is 5.76. The second-order valence-corrected chi connectivity index (χ2v) is 5.49. The molecule has 0 aliphatic rings. The first-order valence-corrected chi connectivity index (χ1v) is 7.43. The fourth-order valence-electron chi connectivity index (χ4n) is 2.16. The zero-order chi connectivity index (χ0) is 15.1. The molecule has 1 aromatic rings. The number of rotatable bonds is 7. The molecule has 0 heterocycles. The summed E-state index contributed by atoms with van der Waals surface area (Å²) in [5.74, 6) is -0.234. The number of esters is 1. The molecule has 1 rings (SSSR count). The van der Waals surface area contributed by atoms with Crippen molar-refractivity contribution in [2.45, 2.75) is 59.5 Å². The van der Waals surface area contributed by atoms with Gasteiger partial charge in [-0.1, -0.05) is 44.4 Å². The Balaban J connectivity index is 2.61. The van der Waals surface area contributed by atoms with Crippen LogP contribution in [0.2, 0.25) is 0 Å². The molecule has 0 radical (unpaired) electrons. The third kappa shape index (κ3) is 4.64. The Morgan fingerprint density at radius 3 is 2.40 bits per heavy atom. The van der Waals surface area contributed by atoms with E-state index in [0.717, 1.165) is 30.4 Å². The Kier molecular flexibility index (Phi) is 6.73. The van der Waals surface area contributed by atoms with Gasteiger partial charge >= 0.3 is 5.97 Å². The fraction of sp³-hybridized carbons (Fsp3) is 0.588. The van der Waals surface area contributed by atoms with E-state index >= 15 is 0 Å². The number of carbonyl (C=O) groups is 1. The number of aliphatic hydroxyl groups excluding tert-OH is 1. The van der Waals surface area contributed by atoms with Gasteiger partial charge < -0.3 is 9.84 Å². The molecule has 0 aliphatic carbocycles. The SMILES string of the molecule is CCCCC[C@@H](O)[C@H](C)C(=O)Oc1c(C)cccc1C. The average Bonchev–Trinajstić information content (AvgIpc) is 2.42. The molecule has 0 saturated heterocycles. The van der Waals surface area contributed by atoms with Gasteiger partial charge in [-0.3, -0.25) is 4.79 Å². The predicted molar refractivity (Wildman–Crippen MR) is 80.9 cm³/mol. The van der Waals surface area contributed by atoms with E-state index in [1.54, 1.807) is 6.92 Å². The van der Waals surface area contributed by atoms with Crippen molar-refractivity contribution in [3.8, 4) is 5.75 Å². The highest BCUT2D eigenvalue weighted by Gasteiger charge is 2.24. The molecular formula is C17H26O3. The van der Waals surface area contributed by atoms with E-state index in [4.69, 9.17) is 4.74 Å². The first kappa shape index (κ1) is 16.7. The summed E-state index contributed by atoms with van der Waals surface area (Å²) in [4.78, 5) is 12.1. The van der Waals surface area contributed by atoms with Crippen molar-refractivity contribution in [2.75, 3.05) is 0 Å². The fourth-order valence-corrected chi connectivity index (χ4v) is 2.16. The smallest absolute Gasteiger partial charge is 0.316 e. The van der Waals surface area contributed by atoms with Gasteiger partial charge in [0, 0.05) is 0 Å². The summed E-state index contributed by atoms with van der Waals surface area (Å²) in [5.41, 5.74) is 1.87. The zero-order valence-corrected chi connectivity index (χ0v) is 13.0. The molecule has 0 bridgehead atoms. The Labute approximate surface area is 122 Å². The van der Waals surface area contributed by atoms with E-state index in [1.165, 1.54) is 0 Å². The van der Waals surface area contributed by atoms with Crippen molar-refractivity contribution in [2.24, 2.45) is 5.92 Å². The minimum Gasteiger partial charge on any atom is -0.426 e. The molecule has 0 saturated carbocycles. The third-order valence-electron chi connectivity index (χ3n) is 3.66. The zero-order valence-electron chi connectivity index (χ0n) is 13.0. The van der Waals surface area contributed by atoms with Crippen LogP contribution in [-0.2, 0) is 4.79 Å². The van der Waals surface area contributed by atoms with E-state index in [0.29, 0.717) is 12.2 Å². The van der Waals surface area contributed by atoms with Gasteiger partial charge in [0.05, 0.1) is 12.0 Å². The number of hydrogen-bond acceptors (Lipinski definition) is 3. The van der Waals surface area contributed by atoms with Crippen LogP contribution in [0.25, 0.3) is 0 Å². The molecule has 2 atom stereocenters. The van der Waals surface area contributed by atoms with E-state index in [-0.39, 0.29) is 5.97 Å². The van der Waals surface area contributed by atoms with Crippen molar-refractivity contribution in [1.29, 1.82) is 0 Å². The molecule has 3 nitrogen and oxygen atoms in total. The normalized spacial score (nSPS) is 13.8. The molecule has 0 aromatic heterocycles. The quantitative estimate of drug-likeness (QED) is 0.469. The summed E-state index contributed by atoms with van der Waals surface area (Å²) < 4.78 is 5.47. The van der Waals surface area contributed by atoms with Crippen molar-refractivity contribution in [3.63, 3.8) is 0 Å². The minimum atomic E-state index is -0.627. The first-order valence-electron chi connectivity index (χ1n) is 7.43. The number of unbranched alkanes of at least 4 members (excludes halogenated alkanes) is 2. The second kappa shape index (κ2) is 8.05. The minimum absolute atomic E-state index is 0.355. The number of benzene rings is 1. The number of aliphatic hydroxyl groups is 1. The van der Waals surface area contributed by atoms with Crippen molar-refractivity contribution in [3.05, 3.63) is 29.3 Å². The highest BCUT2D eigenvalue weighted by atomic mass is 16.5. The second-order valence-electron chi connectivity index (χ2n) is 5.49. The van der Waals surface area contributed by atoms with Crippen molar-refractivity contribution < 1.29 is 14.6 Å². The summed E-state index contributed by atoms with van der Waals surface area (Å²) in [6.45, 7) is 7.67. The standard InChI is InChI=1S/C17H26O3/c1-5-6-7-11-15(18)14(4)17(19)20-16-12(2)9-8-10-13(16)3/h8-10,14-15,18H,5-7,11H2,1-4H3/t14-,15+/m0/s1. The Hall–Kier alpha value is -1.35. The van der Waals surface area contributed by atoms with Crippen LogP contribution < -0.4 is 4.74 Å². The summed E-state index contributed by atoms with van der Waals surface area (Å²) in [6, 6.07) is 5.76. The van der Waals surface area contributed by atoms with Gasteiger partial charge in [-0.15, -0.1) is 0 Å². The van der Waals surface area contributed by atoms with Crippen molar-refractivity contribution in [1.82, 2.24) is 0 Å². The number of aryl methyl sites for hydroxylation is 2. The van der Waals surface area contributed by atoms with Gasteiger partial charge in [0.1, 0.15) is 5.75 Å². The lowest BCUT2D eigenvalue weighted by molar-refractivity contribution is -0.142. The number of hydrogen-bond donors (Lipinski definition) is 1. The van der Waals surface area contributed by atoms with Gasteiger partial charge in [-0.25, -0.2) is 0 Å². The lowest BCUT2D eigenvalue weighted by Crippen LogP contribution is -2.29. The molecule has 112 valence electrons. The third-order valence-corrected chi connectivity index (χ3v) is 3.66. The Morgan fingerprint density at radius 1 is 1.25 bits per heavy atom.